The molecule has 0 N–H and O–H groups in total. The van der Waals surface area contributed by atoms with Gasteiger partial charge >= 0.3 is 0 Å². The fraction of sp³-hybridized carbons (Fsp3) is 0.160. The zero-order valence-corrected chi connectivity index (χ0v) is 19.0. The second-order valence-electron chi connectivity index (χ2n) is 7.03. The Morgan fingerprint density at radius 2 is 1.66 bits per heavy atom. The van der Waals surface area contributed by atoms with E-state index in [2.05, 4.69) is 4.99 Å². The van der Waals surface area contributed by atoms with E-state index < -0.39 is 0 Å². The maximum Gasteiger partial charge on any atom is 0.279 e. The van der Waals surface area contributed by atoms with Crippen molar-refractivity contribution in [3.8, 4) is 0 Å². The highest BCUT2D eigenvalue weighted by Gasteiger charge is 2.12. The van der Waals surface area contributed by atoms with Crippen LogP contribution in [-0.2, 0) is 11.3 Å². The molecule has 3 aromatic carbocycles. The number of rotatable bonds is 7. The first-order valence-corrected chi connectivity index (χ1v) is 11.4. The topological polar surface area (TPSA) is 60.7 Å². The highest BCUT2D eigenvalue weighted by molar-refractivity contribution is 7.16. The molecule has 0 bridgehead atoms. The van der Waals surface area contributed by atoms with E-state index >= 15 is 0 Å². The Hall–Kier alpha value is -3.06. The molecule has 0 saturated heterocycles. The Morgan fingerprint density at radius 3 is 2.38 bits per heavy atom. The third kappa shape index (κ3) is 4.88. The molecule has 0 atom stereocenters. The minimum atomic E-state index is -0.369. The zero-order chi connectivity index (χ0) is 22.5. The standard InChI is InChI=1S/C25H21ClN2O3S/c1-2-31-15-14-28-21-13-12-20(26)16-22(21)32-25(28)27-24(30)19-10-8-18(9-11-19)23(29)17-6-4-3-5-7-17/h3-13,16H,2,14-15H2,1H3. The van der Waals surface area contributed by atoms with Crippen molar-refractivity contribution in [1.82, 2.24) is 4.57 Å². The van der Waals surface area contributed by atoms with Crippen molar-refractivity contribution >= 4 is 44.8 Å². The number of ketones is 1. The van der Waals surface area contributed by atoms with Crippen molar-refractivity contribution in [3.05, 3.63) is 99.3 Å². The van der Waals surface area contributed by atoms with E-state index in [1.165, 1.54) is 11.3 Å². The van der Waals surface area contributed by atoms with E-state index in [4.69, 9.17) is 16.3 Å². The van der Waals surface area contributed by atoms with Gasteiger partial charge in [0.1, 0.15) is 0 Å². The number of amides is 1. The highest BCUT2D eigenvalue weighted by Crippen LogP contribution is 2.22. The number of thiazole rings is 1. The van der Waals surface area contributed by atoms with Crippen LogP contribution in [0.2, 0.25) is 5.02 Å². The lowest BCUT2D eigenvalue weighted by molar-refractivity contribution is 0.0993. The molecule has 1 heterocycles. The number of carbonyl (C=O) groups is 2. The van der Waals surface area contributed by atoms with Crippen molar-refractivity contribution in [2.75, 3.05) is 13.2 Å². The maximum absolute atomic E-state index is 12.9. The first-order chi connectivity index (χ1) is 15.6. The average Bonchev–Trinajstić information content (AvgIpc) is 3.15. The van der Waals surface area contributed by atoms with Crippen LogP contribution in [0.5, 0.6) is 0 Å². The number of hydrogen-bond acceptors (Lipinski definition) is 4. The van der Waals surface area contributed by atoms with Crippen LogP contribution in [0.25, 0.3) is 10.2 Å². The quantitative estimate of drug-likeness (QED) is 0.273. The van der Waals surface area contributed by atoms with Crippen molar-refractivity contribution < 1.29 is 14.3 Å². The lowest BCUT2D eigenvalue weighted by atomic mass is 10.0. The van der Waals surface area contributed by atoms with Gasteiger partial charge in [0.05, 0.1) is 16.8 Å². The first kappa shape index (κ1) is 22.1. The zero-order valence-electron chi connectivity index (χ0n) is 17.5. The third-order valence-electron chi connectivity index (χ3n) is 4.94. The minimum Gasteiger partial charge on any atom is -0.380 e. The summed E-state index contributed by atoms with van der Waals surface area (Å²) in [6, 6.07) is 21.2. The van der Waals surface area contributed by atoms with E-state index in [1.54, 1.807) is 36.4 Å². The average molecular weight is 465 g/mol. The van der Waals surface area contributed by atoms with Crippen molar-refractivity contribution in [1.29, 1.82) is 0 Å². The summed E-state index contributed by atoms with van der Waals surface area (Å²) >= 11 is 7.55. The molecular weight excluding hydrogens is 444 g/mol. The van der Waals surface area contributed by atoms with Gasteiger partial charge in [0.15, 0.2) is 10.6 Å². The smallest absolute Gasteiger partial charge is 0.279 e. The molecule has 0 aliphatic carbocycles. The van der Waals surface area contributed by atoms with Gasteiger partial charge < -0.3 is 9.30 Å². The van der Waals surface area contributed by atoms with E-state index in [9.17, 15) is 9.59 Å². The molecule has 4 rings (SSSR count). The molecular formula is C25H21ClN2O3S. The van der Waals surface area contributed by atoms with Crippen LogP contribution in [0.1, 0.15) is 33.2 Å². The number of fused-ring (bicyclic) bond motifs is 1. The van der Waals surface area contributed by atoms with Gasteiger partial charge in [-0.2, -0.15) is 4.99 Å². The van der Waals surface area contributed by atoms with Gasteiger partial charge in [0, 0.05) is 34.9 Å². The first-order valence-electron chi connectivity index (χ1n) is 10.2. The Morgan fingerprint density at radius 1 is 0.969 bits per heavy atom. The summed E-state index contributed by atoms with van der Waals surface area (Å²) in [5.41, 5.74) is 2.50. The van der Waals surface area contributed by atoms with E-state index in [0.29, 0.717) is 46.3 Å². The van der Waals surface area contributed by atoms with Gasteiger partial charge in [-0.1, -0.05) is 65.4 Å². The van der Waals surface area contributed by atoms with Crippen LogP contribution in [0.4, 0.5) is 0 Å². The van der Waals surface area contributed by atoms with Crippen LogP contribution >= 0.6 is 22.9 Å². The molecule has 0 spiro atoms. The molecule has 7 heteroatoms. The summed E-state index contributed by atoms with van der Waals surface area (Å²) < 4.78 is 8.41. The maximum atomic E-state index is 12.9. The van der Waals surface area contributed by atoms with Crippen LogP contribution < -0.4 is 4.80 Å². The molecule has 0 aliphatic rings. The molecule has 0 unspecified atom stereocenters. The molecule has 32 heavy (non-hydrogen) atoms. The van der Waals surface area contributed by atoms with Crippen LogP contribution in [-0.4, -0.2) is 29.5 Å². The van der Waals surface area contributed by atoms with Crippen molar-refractivity contribution in [2.45, 2.75) is 13.5 Å². The van der Waals surface area contributed by atoms with Crippen LogP contribution in [0, 0.1) is 0 Å². The summed E-state index contributed by atoms with van der Waals surface area (Å²) in [6.45, 7) is 3.65. The number of ether oxygens (including phenoxy) is 1. The van der Waals surface area contributed by atoms with Gasteiger partial charge in [-0.15, -0.1) is 0 Å². The number of aromatic nitrogens is 1. The Labute approximate surface area is 194 Å². The van der Waals surface area contributed by atoms with Crippen LogP contribution in [0.15, 0.2) is 77.8 Å². The molecule has 0 fully saturated rings. The molecule has 4 aromatic rings. The minimum absolute atomic E-state index is 0.0864. The predicted molar refractivity (Wildman–Crippen MR) is 128 cm³/mol. The van der Waals surface area contributed by atoms with Gasteiger partial charge in [0.25, 0.3) is 5.91 Å². The molecule has 5 nitrogen and oxygen atoms in total. The van der Waals surface area contributed by atoms with Crippen molar-refractivity contribution in [3.63, 3.8) is 0 Å². The molecule has 0 saturated carbocycles. The summed E-state index contributed by atoms with van der Waals surface area (Å²) in [4.78, 5) is 30.4. The number of halogens is 1. The van der Waals surface area contributed by atoms with E-state index in [0.717, 1.165) is 10.2 Å². The summed E-state index contributed by atoms with van der Waals surface area (Å²) in [7, 11) is 0. The number of hydrogen-bond donors (Lipinski definition) is 0. The number of carbonyl (C=O) groups excluding carboxylic acids is 2. The van der Waals surface area contributed by atoms with Gasteiger partial charge in [-0.05, 0) is 37.3 Å². The monoisotopic (exact) mass is 464 g/mol. The molecule has 0 radical (unpaired) electrons. The Bertz CT molecular complexity index is 1330. The molecule has 0 aliphatic heterocycles. The lowest BCUT2D eigenvalue weighted by Gasteiger charge is -2.05. The second kappa shape index (κ2) is 10.0. The van der Waals surface area contributed by atoms with Crippen molar-refractivity contribution in [2.24, 2.45) is 4.99 Å². The fourth-order valence-corrected chi connectivity index (χ4v) is 4.65. The Kier molecular flexibility index (Phi) is 6.95. The fourth-order valence-electron chi connectivity index (χ4n) is 3.32. The lowest BCUT2D eigenvalue weighted by Crippen LogP contribution is -2.19. The number of nitrogens with zero attached hydrogens (tertiary/aromatic N) is 2. The Balaban J connectivity index is 1.64. The highest BCUT2D eigenvalue weighted by atomic mass is 35.5. The molecule has 1 amide bonds. The third-order valence-corrected chi connectivity index (χ3v) is 6.21. The van der Waals surface area contributed by atoms with Gasteiger partial charge in [-0.25, -0.2) is 0 Å². The van der Waals surface area contributed by atoms with Gasteiger partial charge in [-0.3, -0.25) is 9.59 Å². The number of benzene rings is 3. The summed E-state index contributed by atoms with van der Waals surface area (Å²) in [6.07, 6.45) is 0. The van der Waals surface area contributed by atoms with E-state index in [1.807, 2.05) is 47.9 Å². The van der Waals surface area contributed by atoms with E-state index in [-0.39, 0.29) is 11.7 Å². The summed E-state index contributed by atoms with van der Waals surface area (Å²) in [5.74, 6) is -0.455. The summed E-state index contributed by atoms with van der Waals surface area (Å²) in [5, 5.41) is 0.632. The normalized spacial score (nSPS) is 11.8. The molecule has 162 valence electrons. The van der Waals surface area contributed by atoms with Crippen LogP contribution in [0.3, 0.4) is 0 Å². The largest absolute Gasteiger partial charge is 0.380 e. The SMILES string of the molecule is CCOCCn1c(=NC(=O)c2ccc(C(=O)c3ccccc3)cc2)sc2cc(Cl)ccc21. The molecule has 1 aromatic heterocycles. The van der Waals surface area contributed by atoms with Gasteiger partial charge in [0.2, 0.25) is 0 Å². The second-order valence-corrected chi connectivity index (χ2v) is 8.48. The predicted octanol–water partition coefficient (Wildman–Crippen LogP) is 5.36.